The van der Waals surface area contributed by atoms with Crippen LogP contribution in [0.1, 0.15) is 49.1 Å². The third-order valence-electron chi connectivity index (χ3n) is 6.16. The van der Waals surface area contributed by atoms with Gasteiger partial charge in [-0.3, -0.25) is 10.00 Å². The molecule has 0 unspecified atom stereocenters. The number of nitrogens with zero attached hydrogens (tertiary/aromatic N) is 2. The van der Waals surface area contributed by atoms with Crippen molar-refractivity contribution in [2.24, 2.45) is 5.92 Å². The van der Waals surface area contributed by atoms with Crippen molar-refractivity contribution in [3.63, 3.8) is 0 Å². The van der Waals surface area contributed by atoms with E-state index in [9.17, 15) is 5.11 Å². The van der Waals surface area contributed by atoms with Crippen molar-refractivity contribution in [2.75, 3.05) is 6.54 Å². The van der Waals surface area contributed by atoms with Gasteiger partial charge in [-0.05, 0) is 31.7 Å². The van der Waals surface area contributed by atoms with Gasteiger partial charge in [-0.1, -0.05) is 54.8 Å². The lowest BCUT2D eigenvalue weighted by Gasteiger charge is -2.52. The highest BCUT2D eigenvalue weighted by Gasteiger charge is 2.49. The van der Waals surface area contributed by atoms with E-state index < -0.39 is 5.60 Å². The number of H-pyrrole nitrogens is 1. The molecule has 1 saturated carbocycles. The Kier molecular flexibility index (Phi) is 4.61. The number of aromatic nitrogens is 2. The highest BCUT2D eigenvalue weighted by Crippen LogP contribution is 2.47. The average molecular weight is 360 g/mol. The van der Waals surface area contributed by atoms with E-state index >= 15 is 0 Å². The molecule has 2 aromatic rings. The van der Waals surface area contributed by atoms with Crippen LogP contribution in [0.15, 0.2) is 30.3 Å². The molecule has 0 bridgehead atoms. The lowest BCUT2D eigenvalue weighted by atomic mass is 9.66. The van der Waals surface area contributed by atoms with E-state index in [-0.39, 0.29) is 5.92 Å². The predicted molar refractivity (Wildman–Crippen MR) is 99.4 cm³/mol. The maximum absolute atomic E-state index is 11.6. The molecule has 0 amide bonds. The summed E-state index contributed by atoms with van der Waals surface area (Å²) in [7, 11) is 0. The van der Waals surface area contributed by atoms with Crippen molar-refractivity contribution in [3.8, 4) is 0 Å². The fourth-order valence-electron chi connectivity index (χ4n) is 4.82. The van der Waals surface area contributed by atoms with E-state index in [0.29, 0.717) is 6.04 Å². The van der Waals surface area contributed by atoms with Crippen LogP contribution in [0.3, 0.4) is 0 Å². The van der Waals surface area contributed by atoms with Gasteiger partial charge in [0.1, 0.15) is 0 Å². The topological polar surface area (TPSA) is 52.2 Å². The summed E-state index contributed by atoms with van der Waals surface area (Å²) in [5.41, 5.74) is 2.21. The van der Waals surface area contributed by atoms with Crippen LogP contribution in [-0.2, 0) is 12.1 Å². The van der Waals surface area contributed by atoms with Gasteiger partial charge in [0.05, 0.1) is 22.0 Å². The van der Waals surface area contributed by atoms with Gasteiger partial charge in [-0.25, -0.2) is 0 Å². The molecular formula is C20H26ClN3O. The van der Waals surface area contributed by atoms with Gasteiger partial charge >= 0.3 is 0 Å². The maximum atomic E-state index is 11.6. The fourth-order valence-corrected chi connectivity index (χ4v) is 4.96. The van der Waals surface area contributed by atoms with Crippen LogP contribution in [0.4, 0.5) is 0 Å². The third-order valence-corrected chi connectivity index (χ3v) is 6.66. The normalized spacial score (nSPS) is 30.2. The van der Waals surface area contributed by atoms with Crippen molar-refractivity contribution in [1.82, 2.24) is 15.1 Å². The predicted octanol–water partition coefficient (Wildman–Crippen LogP) is 4.02. The van der Waals surface area contributed by atoms with Gasteiger partial charge in [0.25, 0.3) is 0 Å². The first-order chi connectivity index (χ1) is 12.1. The second-order valence-corrected chi connectivity index (χ2v) is 7.96. The Balaban J connectivity index is 1.61. The summed E-state index contributed by atoms with van der Waals surface area (Å²) < 4.78 is 0. The van der Waals surface area contributed by atoms with Gasteiger partial charge in [0, 0.05) is 25.0 Å². The number of nitrogens with one attached hydrogen (secondary N) is 1. The fraction of sp³-hybridized carbons (Fsp3) is 0.550. The first kappa shape index (κ1) is 17.1. The van der Waals surface area contributed by atoms with E-state index in [2.05, 4.69) is 27.2 Å². The molecule has 3 atom stereocenters. The number of aromatic amines is 1. The minimum Gasteiger partial charge on any atom is -0.385 e. The Labute approximate surface area is 154 Å². The van der Waals surface area contributed by atoms with E-state index in [4.69, 9.17) is 11.6 Å². The molecule has 0 spiro atoms. The number of piperidine rings is 1. The Morgan fingerprint density at radius 3 is 2.76 bits per heavy atom. The molecule has 25 heavy (non-hydrogen) atoms. The molecule has 1 saturated heterocycles. The molecule has 134 valence electrons. The van der Waals surface area contributed by atoms with Crippen molar-refractivity contribution in [3.05, 3.63) is 52.3 Å². The standard InChI is InChI=1S/C20H26ClN3O/c1-14-19(21)17(23-22-14)13-24-12-11-20(25,15-7-3-2-4-8-15)16-9-5-6-10-18(16)24/h2-4,7-8,16,18,25H,5-6,9-13H2,1H3,(H,22,23)/t16-,18+,20+/m1/s1. The molecule has 1 aromatic heterocycles. The molecule has 2 aliphatic rings. The van der Waals surface area contributed by atoms with Crippen molar-refractivity contribution in [1.29, 1.82) is 0 Å². The molecule has 1 aliphatic carbocycles. The smallest absolute Gasteiger partial charge is 0.0951 e. The Bertz CT molecular complexity index is 732. The number of aliphatic hydroxyl groups is 1. The first-order valence-electron chi connectivity index (χ1n) is 9.31. The number of likely N-dealkylation sites (tertiary alicyclic amines) is 1. The number of benzene rings is 1. The van der Waals surface area contributed by atoms with Gasteiger partial charge in [0.15, 0.2) is 0 Å². The summed E-state index contributed by atoms with van der Waals surface area (Å²) in [6.45, 7) is 3.58. The van der Waals surface area contributed by atoms with Gasteiger partial charge < -0.3 is 5.11 Å². The van der Waals surface area contributed by atoms with Gasteiger partial charge in [0.2, 0.25) is 0 Å². The molecule has 2 fully saturated rings. The Morgan fingerprint density at radius 2 is 2.04 bits per heavy atom. The molecule has 1 aromatic carbocycles. The molecule has 0 radical (unpaired) electrons. The molecule has 2 N–H and O–H groups in total. The lowest BCUT2D eigenvalue weighted by molar-refractivity contribution is -0.123. The average Bonchev–Trinajstić information content (AvgIpc) is 2.97. The number of hydrogen-bond donors (Lipinski definition) is 2. The number of rotatable bonds is 3. The van der Waals surface area contributed by atoms with Crippen LogP contribution in [0, 0.1) is 12.8 Å². The van der Waals surface area contributed by atoms with Crippen LogP contribution in [0.25, 0.3) is 0 Å². The highest BCUT2D eigenvalue weighted by atomic mass is 35.5. The molecule has 4 rings (SSSR count). The second kappa shape index (κ2) is 6.75. The maximum Gasteiger partial charge on any atom is 0.0951 e. The minimum absolute atomic E-state index is 0.274. The zero-order valence-corrected chi connectivity index (χ0v) is 15.5. The summed E-state index contributed by atoms with van der Waals surface area (Å²) >= 11 is 6.39. The Morgan fingerprint density at radius 1 is 1.28 bits per heavy atom. The Hall–Kier alpha value is -1.36. The first-order valence-corrected chi connectivity index (χ1v) is 9.68. The highest BCUT2D eigenvalue weighted by molar-refractivity contribution is 6.31. The SMILES string of the molecule is Cc1[nH]nc(CN2CC[C@](O)(c3ccccc3)[C@@H]3CCCC[C@@H]32)c1Cl. The molecular weight excluding hydrogens is 334 g/mol. The quantitative estimate of drug-likeness (QED) is 0.870. The van der Waals surface area contributed by atoms with Crippen LogP contribution in [0.2, 0.25) is 5.02 Å². The summed E-state index contributed by atoms with van der Waals surface area (Å²) in [5, 5.41) is 19.7. The lowest BCUT2D eigenvalue weighted by Crippen LogP contribution is -2.57. The minimum atomic E-state index is -0.714. The molecule has 4 nitrogen and oxygen atoms in total. The van der Waals surface area contributed by atoms with Crippen molar-refractivity contribution >= 4 is 11.6 Å². The van der Waals surface area contributed by atoms with Crippen LogP contribution >= 0.6 is 11.6 Å². The van der Waals surface area contributed by atoms with Gasteiger partial charge in [-0.15, -0.1) is 0 Å². The van der Waals surface area contributed by atoms with E-state index in [1.54, 1.807) is 0 Å². The third kappa shape index (κ3) is 3.01. The monoisotopic (exact) mass is 359 g/mol. The molecule has 5 heteroatoms. The number of hydrogen-bond acceptors (Lipinski definition) is 3. The van der Waals surface area contributed by atoms with E-state index in [0.717, 1.165) is 54.3 Å². The zero-order chi connectivity index (χ0) is 17.4. The largest absolute Gasteiger partial charge is 0.385 e. The second-order valence-electron chi connectivity index (χ2n) is 7.58. The number of aryl methyl sites for hydroxylation is 1. The van der Waals surface area contributed by atoms with E-state index in [1.165, 1.54) is 12.8 Å². The van der Waals surface area contributed by atoms with Gasteiger partial charge in [-0.2, -0.15) is 5.10 Å². The number of halogens is 1. The van der Waals surface area contributed by atoms with Crippen LogP contribution < -0.4 is 0 Å². The number of fused-ring (bicyclic) bond motifs is 1. The zero-order valence-electron chi connectivity index (χ0n) is 14.7. The van der Waals surface area contributed by atoms with E-state index in [1.807, 2.05) is 25.1 Å². The summed E-state index contributed by atoms with van der Waals surface area (Å²) in [4.78, 5) is 2.49. The van der Waals surface area contributed by atoms with Crippen LogP contribution in [-0.4, -0.2) is 32.8 Å². The van der Waals surface area contributed by atoms with Crippen molar-refractivity contribution < 1.29 is 5.11 Å². The summed E-state index contributed by atoms with van der Waals surface area (Å²) in [6.07, 6.45) is 5.42. The molecule has 1 aliphatic heterocycles. The summed E-state index contributed by atoms with van der Waals surface area (Å²) in [5.74, 6) is 0.274. The van der Waals surface area contributed by atoms with Crippen molar-refractivity contribution in [2.45, 2.75) is 57.2 Å². The molecule has 2 heterocycles. The van der Waals surface area contributed by atoms with Crippen LogP contribution in [0.5, 0.6) is 0 Å². The summed E-state index contributed by atoms with van der Waals surface area (Å²) in [6, 6.07) is 10.6.